The number of hydrogen-bond donors (Lipinski definition) is 1. The zero-order valence-corrected chi connectivity index (χ0v) is 23.3. The molecule has 0 saturated carbocycles. The van der Waals surface area contributed by atoms with Gasteiger partial charge in [0.15, 0.2) is 5.16 Å². The molecule has 0 aliphatic heterocycles. The summed E-state index contributed by atoms with van der Waals surface area (Å²) in [6.45, 7) is 3.56. The van der Waals surface area contributed by atoms with Gasteiger partial charge < -0.3 is 14.8 Å². The van der Waals surface area contributed by atoms with Crippen molar-refractivity contribution in [2.75, 3.05) is 24.8 Å². The van der Waals surface area contributed by atoms with E-state index in [0.29, 0.717) is 21.7 Å². The van der Waals surface area contributed by atoms with Gasteiger partial charge in [-0.25, -0.2) is 9.78 Å². The van der Waals surface area contributed by atoms with E-state index >= 15 is 0 Å². The number of carbonyl (C=O) groups excluding carboxylic acids is 2. The van der Waals surface area contributed by atoms with Gasteiger partial charge in [0.2, 0.25) is 5.91 Å². The van der Waals surface area contributed by atoms with Crippen LogP contribution in [0.15, 0.2) is 58.5 Å². The summed E-state index contributed by atoms with van der Waals surface area (Å²) in [5, 5.41) is 2.91. The predicted molar refractivity (Wildman–Crippen MR) is 147 cm³/mol. The van der Waals surface area contributed by atoms with Gasteiger partial charge in [-0.1, -0.05) is 36.0 Å². The van der Waals surface area contributed by atoms with Crippen molar-refractivity contribution in [1.29, 1.82) is 0 Å². The van der Waals surface area contributed by atoms with Crippen LogP contribution in [0.3, 0.4) is 0 Å². The second-order valence-electron chi connectivity index (χ2n) is 8.47. The molecule has 0 aliphatic carbocycles. The zero-order chi connectivity index (χ0) is 29.0. The molecule has 2 aromatic heterocycles. The third kappa shape index (κ3) is 6.31. The number of rotatable bonds is 9. The molecule has 0 spiro atoms. The van der Waals surface area contributed by atoms with Crippen LogP contribution in [0.25, 0.3) is 10.2 Å². The predicted octanol–water partition coefficient (Wildman–Crippen LogP) is 5.75. The first-order valence-electron chi connectivity index (χ1n) is 12.0. The molecular weight excluding hydrogens is 567 g/mol. The van der Waals surface area contributed by atoms with Gasteiger partial charge in [-0.15, -0.1) is 11.3 Å². The Morgan fingerprint density at radius 2 is 1.90 bits per heavy atom. The first-order valence-corrected chi connectivity index (χ1v) is 13.8. The van der Waals surface area contributed by atoms with Gasteiger partial charge in [-0.3, -0.25) is 14.2 Å². The van der Waals surface area contributed by atoms with Crippen LogP contribution in [-0.2, 0) is 22.3 Å². The summed E-state index contributed by atoms with van der Waals surface area (Å²) >= 11 is 1.97. The SMILES string of the molecule is CCOC(=O)c1sc2nc(SCC(=O)Nc3cccc(C(F)(F)F)c3)n(Cc3ccccc3OC)c(=O)c2c1C. The summed E-state index contributed by atoms with van der Waals surface area (Å²) in [4.78, 5) is 44.1. The highest BCUT2D eigenvalue weighted by Crippen LogP contribution is 2.32. The second kappa shape index (κ2) is 12.1. The van der Waals surface area contributed by atoms with Crippen molar-refractivity contribution in [3.63, 3.8) is 0 Å². The maximum atomic E-state index is 13.8. The summed E-state index contributed by atoms with van der Waals surface area (Å²) in [6.07, 6.45) is -4.55. The summed E-state index contributed by atoms with van der Waals surface area (Å²) in [6, 6.07) is 11.4. The molecule has 0 unspecified atom stereocenters. The van der Waals surface area contributed by atoms with Gasteiger partial charge in [0.05, 0.1) is 37.0 Å². The van der Waals surface area contributed by atoms with E-state index in [4.69, 9.17) is 9.47 Å². The minimum absolute atomic E-state index is 0.0109. The fourth-order valence-electron chi connectivity index (χ4n) is 3.94. The zero-order valence-electron chi connectivity index (χ0n) is 21.6. The number of carbonyl (C=O) groups is 2. The number of fused-ring (bicyclic) bond motifs is 1. The van der Waals surface area contributed by atoms with E-state index in [2.05, 4.69) is 10.3 Å². The third-order valence-electron chi connectivity index (χ3n) is 5.80. The fourth-order valence-corrected chi connectivity index (χ4v) is 5.86. The van der Waals surface area contributed by atoms with Gasteiger partial charge in [-0.05, 0) is 43.7 Å². The van der Waals surface area contributed by atoms with Crippen molar-refractivity contribution in [2.45, 2.75) is 31.7 Å². The van der Waals surface area contributed by atoms with Gasteiger partial charge in [0.1, 0.15) is 15.5 Å². The Labute approximate surface area is 235 Å². The number of thioether (sulfide) groups is 1. The molecule has 8 nitrogen and oxygen atoms in total. The number of nitrogens with one attached hydrogen (secondary N) is 1. The number of aromatic nitrogens is 2. The van der Waals surface area contributed by atoms with Crippen LogP contribution in [0.5, 0.6) is 5.75 Å². The highest BCUT2D eigenvalue weighted by molar-refractivity contribution is 7.99. The first-order chi connectivity index (χ1) is 19.0. The van der Waals surface area contributed by atoms with E-state index in [1.807, 2.05) is 0 Å². The highest BCUT2D eigenvalue weighted by atomic mass is 32.2. The van der Waals surface area contributed by atoms with E-state index in [1.54, 1.807) is 38.1 Å². The Bertz CT molecular complexity index is 1630. The standard InChI is InChI=1S/C27H24F3N3O5S2/c1-4-38-25(36)22-15(2)21-23(40-22)32-26(33(24(21)35)13-16-8-5-6-11-19(16)37-3)39-14-20(34)31-18-10-7-9-17(12-18)27(28,29)30/h5-12H,4,13-14H2,1-3H3,(H,31,34). The number of para-hydroxylation sites is 1. The number of esters is 1. The molecule has 40 heavy (non-hydrogen) atoms. The van der Waals surface area contributed by atoms with Crippen molar-refractivity contribution >= 4 is 50.9 Å². The van der Waals surface area contributed by atoms with Crippen LogP contribution >= 0.6 is 23.1 Å². The summed E-state index contributed by atoms with van der Waals surface area (Å²) in [7, 11) is 1.51. The van der Waals surface area contributed by atoms with Crippen LogP contribution in [-0.4, -0.2) is 40.9 Å². The Kier molecular flexibility index (Phi) is 8.84. The molecule has 0 radical (unpaired) electrons. The molecule has 4 rings (SSSR count). The van der Waals surface area contributed by atoms with Gasteiger partial charge in [0, 0.05) is 11.3 Å². The second-order valence-corrected chi connectivity index (χ2v) is 10.4. The molecule has 4 aromatic rings. The Morgan fingerprint density at radius 3 is 2.60 bits per heavy atom. The van der Waals surface area contributed by atoms with E-state index in [1.165, 1.54) is 23.8 Å². The smallest absolute Gasteiger partial charge is 0.416 e. The Balaban J connectivity index is 1.69. The topological polar surface area (TPSA) is 99.5 Å². The lowest BCUT2D eigenvalue weighted by Gasteiger charge is -2.14. The number of alkyl halides is 3. The number of anilines is 1. The molecular formula is C27H24F3N3O5S2. The molecule has 210 valence electrons. The molecule has 2 aromatic carbocycles. The van der Waals surface area contributed by atoms with Crippen molar-refractivity contribution in [3.05, 3.63) is 80.5 Å². The molecule has 0 fully saturated rings. The fraction of sp³-hybridized carbons (Fsp3) is 0.259. The molecule has 1 N–H and O–H groups in total. The largest absolute Gasteiger partial charge is 0.496 e. The van der Waals surface area contributed by atoms with E-state index in [0.717, 1.165) is 35.2 Å². The number of ether oxygens (including phenoxy) is 2. The van der Waals surface area contributed by atoms with Gasteiger partial charge >= 0.3 is 12.1 Å². The van der Waals surface area contributed by atoms with Crippen molar-refractivity contribution in [1.82, 2.24) is 9.55 Å². The third-order valence-corrected chi connectivity index (χ3v) is 7.95. The number of nitrogens with zero attached hydrogens (tertiary/aromatic N) is 2. The molecule has 1 amide bonds. The van der Waals surface area contributed by atoms with Crippen molar-refractivity contribution in [3.8, 4) is 5.75 Å². The number of hydrogen-bond acceptors (Lipinski definition) is 8. The maximum absolute atomic E-state index is 13.8. The van der Waals surface area contributed by atoms with Crippen molar-refractivity contribution < 1.29 is 32.2 Å². The number of thiophene rings is 1. The van der Waals surface area contributed by atoms with Crippen LogP contribution in [0.4, 0.5) is 18.9 Å². The minimum atomic E-state index is -4.55. The lowest BCUT2D eigenvalue weighted by Crippen LogP contribution is -2.25. The van der Waals surface area contributed by atoms with Crippen LogP contribution in [0.2, 0.25) is 0 Å². The Morgan fingerprint density at radius 1 is 1.15 bits per heavy atom. The van der Waals surface area contributed by atoms with Crippen LogP contribution in [0.1, 0.15) is 33.3 Å². The molecule has 2 heterocycles. The van der Waals surface area contributed by atoms with Crippen molar-refractivity contribution in [2.24, 2.45) is 0 Å². The molecule has 0 atom stereocenters. The molecule has 0 bridgehead atoms. The number of methoxy groups -OCH3 is 1. The molecule has 13 heteroatoms. The summed E-state index contributed by atoms with van der Waals surface area (Å²) in [5.41, 5.74) is -0.184. The molecule has 0 aliphatic rings. The maximum Gasteiger partial charge on any atom is 0.416 e. The lowest BCUT2D eigenvalue weighted by molar-refractivity contribution is -0.137. The van der Waals surface area contributed by atoms with Gasteiger partial charge in [-0.2, -0.15) is 13.2 Å². The van der Waals surface area contributed by atoms with E-state index in [9.17, 15) is 27.6 Å². The average Bonchev–Trinajstić information content (AvgIpc) is 3.25. The summed E-state index contributed by atoms with van der Waals surface area (Å²) in [5.74, 6) is -0.845. The normalized spacial score (nSPS) is 11.4. The first kappa shape index (κ1) is 29.2. The highest BCUT2D eigenvalue weighted by Gasteiger charge is 2.30. The van der Waals surface area contributed by atoms with E-state index in [-0.39, 0.29) is 40.0 Å². The minimum Gasteiger partial charge on any atom is -0.496 e. The Hall–Kier alpha value is -3.84. The number of benzene rings is 2. The molecule has 0 saturated heterocycles. The number of amides is 1. The number of halogens is 3. The average molecular weight is 592 g/mol. The van der Waals surface area contributed by atoms with E-state index < -0.39 is 29.2 Å². The lowest BCUT2D eigenvalue weighted by atomic mass is 10.2. The van der Waals surface area contributed by atoms with Gasteiger partial charge in [0.25, 0.3) is 5.56 Å². The number of aryl methyl sites for hydroxylation is 1. The van der Waals surface area contributed by atoms with Crippen LogP contribution in [0, 0.1) is 6.92 Å². The summed E-state index contributed by atoms with van der Waals surface area (Å²) < 4.78 is 51.1. The van der Waals surface area contributed by atoms with Crippen LogP contribution < -0.4 is 15.6 Å². The monoisotopic (exact) mass is 591 g/mol. The quantitative estimate of drug-likeness (QED) is 0.150.